The second-order valence-corrected chi connectivity index (χ2v) is 5.47. The minimum absolute atomic E-state index is 0.459. The maximum Gasteiger partial charge on any atom is 0.0503 e. The summed E-state index contributed by atoms with van der Waals surface area (Å²) in [7, 11) is 1.77. The number of nitrogens with two attached hydrogens (primary N) is 1. The van der Waals surface area contributed by atoms with Gasteiger partial charge in [0.15, 0.2) is 0 Å². The Morgan fingerprint density at radius 2 is 1.94 bits per heavy atom. The van der Waals surface area contributed by atoms with Gasteiger partial charge in [-0.2, -0.15) is 0 Å². The molecular weight excluding hydrogens is 200 g/mol. The summed E-state index contributed by atoms with van der Waals surface area (Å²) >= 11 is 0. The summed E-state index contributed by atoms with van der Waals surface area (Å²) in [5.41, 5.74) is 5.94. The van der Waals surface area contributed by atoms with Crippen LogP contribution in [0.25, 0.3) is 0 Å². The lowest BCUT2D eigenvalue weighted by Gasteiger charge is -2.37. The summed E-state index contributed by atoms with van der Waals surface area (Å²) < 4.78 is 5.25. The Labute approximate surface area is 100 Å². The topological polar surface area (TPSA) is 38.5 Å². The van der Waals surface area contributed by atoms with Gasteiger partial charge in [-0.15, -0.1) is 0 Å². The summed E-state index contributed by atoms with van der Waals surface area (Å²) in [6.07, 6.45) is 2.80. The third-order valence-corrected chi connectivity index (χ3v) is 3.58. The SMILES string of the molecule is COCC(C)C(CN)N(CC1CC1)C(C)C. The molecule has 0 aromatic carbocycles. The van der Waals surface area contributed by atoms with Gasteiger partial charge in [0.05, 0.1) is 6.61 Å². The number of rotatable bonds is 8. The predicted molar refractivity (Wildman–Crippen MR) is 68.4 cm³/mol. The molecular formula is C13H28N2O. The number of ether oxygens (including phenoxy) is 1. The first-order valence-corrected chi connectivity index (χ1v) is 6.54. The lowest BCUT2D eigenvalue weighted by Crippen LogP contribution is -2.50. The predicted octanol–water partition coefficient (Wildman–Crippen LogP) is 1.72. The van der Waals surface area contributed by atoms with Crippen LogP contribution < -0.4 is 5.73 Å². The van der Waals surface area contributed by atoms with Crippen molar-refractivity contribution in [3.05, 3.63) is 0 Å². The number of hydrogen-bond donors (Lipinski definition) is 1. The van der Waals surface area contributed by atoms with Gasteiger partial charge in [0, 0.05) is 32.3 Å². The molecule has 16 heavy (non-hydrogen) atoms. The van der Waals surface area contributed by atoms with Crippen molar-refractivity contribution in [1.82, 2.24) is 4.90 Å². The average molecular weight is 228 g/mol. The van der Waals surface area contributed by atoms with Crippen LogP contribution in [0.1, 0.15) is 33.6 Å². The van der Waals surface area contributed by atoms with Gasteiger partial charge in [-0.3, -0.25) is 4.90 Å². The molecule has 1 aliphatic rings. The maximum atomic E-state index is 5.94. The molecule has 0 saturated heterocycles. The van der Waals surface area contributed by atoms with Crippen LogP contribution in [-0.2, 0) is 4.74 Å². The molecule has 0 aromatic heterocycles. The van der Waals surface area contributed by atoms with Crippen molar-refractivity contribution in [1.29, 1.82) is 0 Å². The monoisotopic (exact) mass is 228 g/mol. The molecule has 2 N–H and O–H groups in total. The fraction of sp³-hybridized carbons (Fsp3) is 1.00. The van der Waals surface area contributed by atoms with Crippen LogP contribution in [0.2, 0.25) is 0 Å². The second kappa shape index (κ2) is 6.58. The highest BCUT2D eigenvalue weighted by Gasteiger charge is 2.31. The summed E-state index contributed by atoms with van der Waals surface area (Å²) in [4.78, 5) is 2.57. The number of methoxy groups -OCH3 is 1. The molecule has 0 heterocycles. The zero-order valence-corrected chi connectivity index (χ0v) is 11.3. The molecule has 2 atom stereocenters. The fourth-order valence-corrected chi connectivity index (χ4v) is 2.40. The molecule has 3 heteroatoms. The van der Waals surface area contributed by atoms with Crippen molar-refractivity contribution in [2.45, 2.75) is 45.7 Å². The molecule has 96 valence electrons. The molecule has 0 radical (unpaired) electrons. The first kappa shape index (κ1) is 13.9. The van der Waals surface area contributed by atoms with Crippen molar-refractivity contribution in [3.8, 4) is 0 Å². The first-order chi connectivity index (χ1) is 7.60. The van der Waals surface area contributed by atoms with Crippen molar-refractivity contribution in [3.63, 3.8) is 0 Å². The molecule has 0 amide bonds. The molecule has 1 rings (SSSR count). The standard InChI is InChI=1S/C13H28N2O/c1-10(2)15(8-12-5-6-12)13(7-14)11(3)9-16-4/h10-13H,5-9,14H2,1-4H3. The summed E-state index contributed by atoms with van der Waals surface area (Å²) in [6.45, 7) is 9.52. The van der Waals surface area contributed by atoms with E-state index in [-0.39, 0.29) is 0 Å². The van der Waals surface area contributed by atoms with Crippen LogP contribution in [0.5, 0.6) is 0 Å². The van der Waals surface area contributed by atoms with Gasteiger partial charge in [-0.1, -0.05) is 6.92 Å². The summed E-state index contributed by atoms with van der Waals surface area (Å²) in [6, 6.07) is 1.04. The van der Waals surface area contributed by atoms with Crippen molar-refractivity contribution in [2.75, 3.05) is 26.8 Å². The van der Waals surface area contributed by atoms with E-state index in [0.29, 0.717) is 18.0 Å². The fourth-order valence-electron chi connectivity index (χ4n) is 2.40. The highest BCUT2D eigenvalue weighted by molar-refractivity contribution is 4.85. The molecule has 0 aromatic rings. The Kier molecular flexibility index (Phi) is 5.73. The van der Waals surface area contributed by atoms with Gasteiger partial charge in [0.25, 0.3) is 0 Å². The van der Waals surface area contributed by atoms with E-state index in [9.17, 15) is 0 Å². The summed E-state index contributed by atoms with van der Waals surface area (Å²) in [5.74, 6) is 1.43. The van der Waals surface area contributed by atoms with E-state index >= 15 is 0 Å². The molecule has 1 aliphatic carbocycles. The van der Waals surface area contributed by atoms with Gasteiger partial charge < -0.3 is 10.5 Å². The third-order valence-electron chi connectivity index (χ3n) is 3.58. The molecule has 0 spiro atoms. The Morgan fingerprint density at radius 1 is 1.31 bits per heavy atom. The second-order valence-electron chi connectivity index (χ2n) is 5.47. The summed E-state index contributed by atoms with van der Waals surface area (Å²) in [5, 5.41) is 0. The molecule has 2 unspecified atom stereocenters. The zero-order valence-electron chi connectivity index (χ0n) is 11.3. The van der Waals surface area contributed by atoms with Gasteiger partial charge in [-0.05, 0) is 38.5 Å². The van der Waals surface area contributed by atoms with Crippen LogP contribution in [0.3, 0.4) is 0 Å². The normalized spacial score (nSPS) is 20.4. The van der Waals surface area contributed by atoms with Crippen LogP contribution in [0.15, 0.2) is 0 Å². The van der Waals surface area contributed by atoms with Gasteiger partial charge in [-0.25, -0.2) is 0 Å². The van der Waals surface area contributed by atoms with E-state index in [0.717, 1.165) is 19.1 Å². The van der Waals surface area contributed by atoms with Gasteiger partial charge in [0.2, 0.25) is 0 Å². The van der Waals surface area contributed by atoms with Crippen LogP contribution in [0.4, 0.5) is 0 Å². The first-order valence-electron chi connectivity index (χ1n) is 6.54. The van der Waals surface area contributed by atoms with E-state index in [2.05, 4.69) is 25.7 Å². The largest absolute Gasteiger partial charge is 0.384 e. The van der Waals surface area contributed by atoms with E-state index in [4.69, 9.17) is 10.5 Å². The van der Waals surface area contributed by atoms with Gasteiger partial charge >= 0.3 is 0 Å². The Balaban J connectivity index is 2.55. The minimum atomic E-state index is 0.459. The van der Waals surface area contributed by atoms with Crippen molar-refractivity contribution in [2.24, 2.45) is 17.6 Å². The smallest absolute Gasteiger partial charge is 0.0503 e. The van der Waals surface area contributed by atoms with Gasteiger partial charge in [0.1, 0.15) is 0 Å². The molecule has 0 aliphatic heterocycles. The third kappa shape index (κ3) is 4.04. The van der Waals surface area contributed by atoms with Crippen LogP contribution in [-0.4, -0.2) is 43.8 Å². The van der Waals surface area contributed by atoms with E-state index in [1.807, 2.05) is 0 Å². The average Bonchev–Trinajstić information content (AvgIpc) is 3.01. The number of hydrogen-bond acceptors (Lipinski definition) is 3. The minimum Gasteiger partial charge on any atom is -0.384 e. The van der Waals surface area contributed by atoms with E-state index in [1.54, 1.807) is 7.11 Å². The quantitative estimate of drug-likeness (QED) is 0.687. The molecule has 3 nitrogen and oxygen atoms in total. The highest BCUT2D eigenvalue weighted by atomic mass is 16.5. The Hall–Kier alpha value is -0.120. The van der Waals surface area contributed by atoms with Crippen molar-refractivity contribution < 1.29 is 4.74 Å². The number of nitrogens with zero attached hydrogens (tertiary/aromatic N) is 1. The van der Waals surface area contributed by atoms with E-state index in [1.165, 1.54) is 19.4 Å². The van der Waals surface area contributed by atoms with E-state index < -0.39 is 0 Å². The lowest BCUT2D eigenvalue weighted by molar-refractivity contribution is 0.0640. The van der Waals surface area contributed by atoms with Crippen molar-refractivity contribution >= 4 is 0 Å². The Morgan fingerprint density at radius 3 is 2.31 bits per heavy atom. The maximum absolute atomic E-state index is 5.94. The molecule has 1 fully saturated rings. The highest BCUT2D eigenvalue weighted by Crippen LogP contribution is 2.31. The molecule has 0 bridgehead atoms. The van der Waals surface area contributed by atoms with Crippen LogP contribution in [0, 0.1) is 11.8 Å². The lowest BCUT2D eigenvalue weighted by atomic mass is 9.99. The Bertz CT molecular complexity index is 192. The zero-order chi connectivity index (χ0) is 12.1. The molecule has 1 saturated carbocycles. The van der Waals surface area contributed by atoms with Crippen LogP contribution >= 0.6 is 0 Å².